The molecule has 13 heteroatoms. The molecular weight excluding hydrogens is 410 g/mol. The number of sulfonamides is 1. The largest absolute Gasteiger partial charge is 0.390 e. The fourth-order valence-electron chi connectivity index (χ4n) is 3.62. The van der Waals surface area contributed by atoms with Gasteiger partial charge in [0.15, 0.2) is 5.65 Å². The zero-order valence-corrected chi connectivity index (χ0v) is 16.8. The lowest BCUT2D eigenvalue weighted by Gasteiger charge is -2.34. The Balaban J connectivity index is 1.45. The number of aliphatic hydroxyl groups is 1. The molecule has 0 aromatic carbocycles. The van der Waals surface area contributed by atoms with E-state index in [9.17, 15) is 13.5 Å². The number of hydrogen-bond acceptors (Lipinski definition) is 9. The van der Waals surface area contributed by atoms with E-state index in [1.165, 1.54) is 4.31 Å². The van der Waals surface area contributed by atoms with Gasteiger partial charge < -0.3 is 10.4 Å². The highest BCUT2D eigenvalue weighted by Crippen LogP contribution is 2.23. The van der Waals surface area contributed by atoms with Crippen molar-refractivity contribution in [1.29, 1.82) is 0 Å². The predicted molar refractivity (Wildman–Crippen MR) is 107 cm³/mol. The number of nitrogens with one attached hydrogen (secondary N) is 1. The Morgan fingerprint density at radius 2 is 2.13 bits per heavy atom. The minimum atomic E-state index is -3.34. The van der Waals surface area contributed by atoms with Crippen LogP contribution < -0.4 is 5.32 Å². The Kier molecular flexibility index (Phi) is 4.38. The van der Waals surface area contributed by atoms with Gasteiger partial charge in [0, 0.05) is 25.5 Å². The van der Waals surface area contributed by atoms with E-state index < -0.39 is 16.1 Å². The highest BCUT2D eigenvalue weighted by molar-refractivity contribution is 7.88. The zero-order chi connectivity index (χ0) is 20.9. The lowest BCUT2D eigenvalue weighted by molar-refractivity contribution is 0.0950. The maximum atomic E-state index is 11.7. The van der Waals surface area contributed by atoms with Crippen molar-refractivity contribution in [2.45, 2.75) is 18.6 Å². The van der Waals surface area contributed by atoms with Gasteiger partial charge in [0.25, 0.3) is 0 Å². The fraction of sp³-hybridized carbons (Fsp3) is 0.353. The Bertz CT molecular complexity index is 1330. The number of nitrogens with zero attached hydrogens (tertiary/aromatic N) is 8. The summed E-state index contributed by atoms with van der Waals surface area (Å²) in [5, 5.41) is 26.1. The molecule has 0 bridgehead atoms. The third-order valence-corrected chi connectivity index (χ3v) is 6.45. The average Bonchev–Trinajstić information content (AvgIpc) is 3.35. The van der Waals surface area contributed by atoms with Crippen molar-refractivity contribution < 1.29 is 13.5 Å². The summed E-state index contributed by atoms with van der Waals surface area (Å²) in [7, 11) is -3.34. The molecular formula is C17H19N9O3S. The van der Waals surface area contributed by atoms with Crippen LogP contribution in [0.25, 0.3) is 22.6 Å². The molecule has 4 aromatic heterocycles. The smallest absolute Gasteiger partial charge is 0.241 e. The highest BCUT2D eigenvalue weighted by atomic mass is 32.2. The monoisotopic (exact) mass is 429 g/mol. The molecule has 1 aliphatic heterocycles. The number of piperidine rings is 1. The standard InChI is InChI=1S/C17H19N9O3S/c1-30(28,29)25-6-4-12(14(27)9-25)21-17-19-8-11-2-3-13(26(11)23-17)15-16-22-20-10-24(16)7-5-18-15/h2-3,5,7-8,10,12,14,27H,4,6,9H2,1H3,(H,21,23)/t12-,14-/m1/s1. The third-order valence-electron chi connectivity index (χ3n) is 5.19. The van der Waals surface area contributed by atoms with E-state index in [0.717, 1.165) is 17.5 Å². The van der Waals surface area contributed by atoms with Gasteiger partial charge in [-0.25, -0.2) is 22.9 Å². The van der Waals surface area contributed by atoms with Gasteiger partial charge in [0.1, 0.15) is 12.0 Å². The normalized spacial score (nSPS) is 20.7. The maximum absolute atomic E-state index is 11.7. The molecule has 1 aliphatic rings. The van der Waals surface area contributed by atoms with Crippen LogP contribution in [0.3, 0.4) is 0 Å². The number of anilines is 1. The Morgan fingerprint density at radius 1 is 1.27 bits per heavy atom. The first-order valence-corrected chi connectivity index (χ1v) is 11.1. The van der Waals surface area contributed by atoms with Crippen molar-refractivity contribution >= 4 is 27.1 Å². The summed E-state index contributed by atoms with van der Waals surface area (Å²) in [5.41, 5.74) is 2.73. The number of hydrogen-bond donors (Lipinski definition) is 2. The summed E-state index contributed by atoms with van der Waals surface area (Å²) in [4.78, 5) is 8.76. The van der Waals surface area contributed by atoms with Crippen LogP contribution in [0, 0.1) is 0 Å². The van der Waals surface area contributed by atoms with Crippen molar-refractivity contribution in [2.75, 3.05) is 24.7 Å². The summed E-state index contributed by atoms with van der Waals surface area (Å²) in [6.45, 7) is 0.357. The minimum absolute atomic E-state index is 0.0340. The summed E-state index contributed by atoms with van der Waals surface area (Å²) in [6.07, 6.45) is 7.40. The number of aromatic nitrogens is 7. The van der Waals surface area contributed by atoms with Crippen LogP contribution in [0.4, 0.5) is 5.95 Å². The van der Waals surface area contributed by atoms with Crippen molar-refractivity contribution in [1.82, 2.24) is 38.5 Å². The van der Waals surface area contributed by atoms with Crippen LogP contribution in [0.1, 0.15) is 6.42 Å². The first-order chi connectivity index (χ1) is 14.4. The molecule has 2 N–H and O–H groups in total. The van der Waals surface area contributed by atoms with Gasteiger partial charge in [0.05, 0.1) is 35.8 Å². The van der Waals surface area contributed by atoms with Gasteiger partial charge in [-0.2, -0.15) is 4.31 Å². The Morgan fingerprint density at radius 3 is 2.93 bits per heavy atom. The highest BCUT2D eigenvalue weighted by Gasteiger charge is 2.32. The molecule has 30 heavy (non-hydrogen) atoms. The minimum Gasteiger partial charge on any atom is -0.390 e. The molecule has 0 saturated carbocycles. The van der Waals surface area contributed by atoms with Crippen LogP contribution in [-0.4, -0.2) is 83.5 Å². The van der Waals surface area contributed by atoms with E-state index in [0.29, 0.717) is 30.3 Å². The van der Waals surface area contributed by atoms with Crippen molar-refractivity contribution in [3.8, 4) is 11.4 Å². The molecule has 5 heterocycles. The first kappa shape index (κ1) is 18.8. The van der Waals surface area contributed by atoms with Crippen LogP contribution in [0.2, 0.25) is 0 Å². The second-order valence-corrected chi connectivity index (χ2v) is 9.19. The van der Waals surface area contributed by atoms with Gasteiger partial charge in [-0.05, 0) is 18.6 Å². The van der Waals surface area contributed by atoms with E-state index in [2.05, 4.69) is 30.6 Å². The SMILES string of the molecule is CS(=O)(=O)N1CC[C@@H](Nc2ncc3ccc(-c4nccn5cnnc45)n3n2)[C@H](O)C1. The van der Waals surface area contributed by atoms with Crippen LogP contribution in [0.15, 0.2) is 37.1 Å². The quantitative estimate of drug-likeness (QED) is 0.444. The molecule has 0 spiro atoms. The summed E-state index contributed by atoms with van der Waals surface area (Å²) < 4.78 is 28.2. The number of β-amino-alcohol motifs (C(OH)–C–C–N with tert-alkyl or cyclic N) is 1. The maximum Gasteiger partial charge on any atom is 0.241 e. The fourth-order valence-corrected chi connectivity index (χ4v) is 4.49. The molecule has 12 nitrogen and oxygen atoms in total. The summed E-state index contributed by atoms with van der Waals surface area (Å²) in [5.74, 6) is 0.324. The topological polar surface area (TPSA) is 143 Å². The second-order valence-electron chi connectivity index (χ2n) is 7.20. The molecule has 0 aliphatic carbocycles. The van der Waals surface area contributed by atoms with Crippen LogP contribution >= 0.6 is 0 Å². The van der Waals surface area contributed by atoms with E-state index >= 15 is 0 Å². The summed E-state index contributed by atoms with van der Waals surface area (Å²) in [6, 6.07) is 3.39. The molecule has 1 fully saturated rings. The van der Waals surface area contributed by atoms with E-state index in [1.807, 2.05) is 12.1 Å². The van der Waals surface area contributed by atoms with E-state index in [-0.39, 0.29) is 12.6 Å². The molecule has 0 amide bonds. The lowest BCUT2D eigenvalue weighted by atomic mass is 10.0. The van der Waals surface area contributed by atoms with Crippen molar-refractivity contribution in [3.05, 3.63) is 37.1 Å². The first-order valence-electron chi connectivity index (χ1n) is 9.29. The molecule has 156 valence electrons. The van der Waals surface area contributed by atoms with E-state index in [4.69, 9.17) is 0 Å². The van der Waals surface area contributed by atoms with Gasteiger partial charge >= 0.3 is 0 Å². The van der Waals surface area contributed by atoms with Gasteiger partial charge in [-0.3, -0.25) is 4.40 Å². The Hall–Kier alpha value is -3.16. The van der Waals surface area contributed by atoms with Gasteiger partial charge in [-0.15, -0.1) is 15.3 Å². The van der Waals surface area contributed by atoms with Crippen LogP contribution in [-0.2, 0) is 10.0 Å². The van der Waals surface area contributed by atoms with Gasteiger partial charge in [0.2, 0.25) is 16.0 Å². The molecule has 4 aromatic rings. The average molecular weight is 429 g/mol. The predicted octanol–water partition coefficient (Wildman–Crippen LogP) is -0.359. The second kappa shape index (κ2) is 6.97. The molecule has 0 radical (unpaired) electrons. The summed E-state index contributed by atoms with van der Waals surface area (Å²) >= 11 is 0. The Labute approximate surface area is 171 Å². The molecule has 0 unspecified atom stereocenters. The zero-order valence-electron chi connectivity index (χ0n) is 16.0. The van der Waals surface area contributed by atoms with Crippen LogP contribution in [0.5, 0.6) is 0 Å². The van der Waals surface area contributed by atoms with Crippen molar-refractivity contribution in [3.63, 3.8) is 0 Å². The third kappa shape index (κ3) is 3.26. The number of rotatable bonds is 4. The lowest BCUT2D eigenvalue weighted by Crippen LogP contribution is -2.51. The van der Waals surface area contributed by atoms with E-state index in [1.54, 1.807) is 33.8 Å². The molecule has 2 atom stereocenters. The van der Waals surface area contributed by atoms with Crippen molar-refractivity contribution in [2.24, 2.45) is 0 Å². The molecule has 1 saturated heterocycles. The number of fused-ring (bicyclic) bond motifs is 2. The molecule has 5 rings (SSSR count). The number of aliphatic hydroxyl groups excluding tert-OH is 1. The van der Waals surface area contributed by atoms with Gasteiger partial charge in [-0.1, -0.05) is 0 Å².